The third-order valence-electron chi connectivity index (χ3n) is 4.71. The van der Waals surface area contributed by atoms with E-state index >= 15 is 0 Å². The summed E-state index contributed by atoms with van der Waals surface area (Å²) < 4.78 is 56.0. The molecule has 6 nitrogen and oxygen atoms in total. The molecule has 2 aromatic carbocycles. The van der Waals surface area contributed by atoms with Gasteiger partial charge in [-0.1, -0.05) is 29.3 Å². The van der Waals surface area contributed by atoms with Crippen LogP contribution in [-0.2, 0) is 6.18 Å². The van der Waals surface area contributed by atoms with Gasteiger partial charge in [-0.2, -0.15) is 23.0 Å². The summed E-state index contributed by atoms with van der Waals surface area (Å²) >= 11 is 11.9. The van der Waals surface area contributed by atoms with Crippen LogP contribution < -0.4 is 0 Å². The monoisotopic (exact) mass is 497 g/mol. The fraction of sp³-hybridized carbons (Fsp3) is 0.0476. The summed E-state index contributed by atoms with van der Waals surface area (Å²) in [6.07, 6.45) is -3.57. The standard InChI is InChI=1S/C21H9Cl2F4N3O3/c22-12-4-1-3-11(21(25,26)27)16(12)19(31)30-15-5-2-6-28-18(15)17(29-30)10-7-13(23)9(20(32)33)8-14(10)24/h1-8H,(H,32,33). The minimum Gasteiger partial charge on any atom is -0.478 e. The van der Waals surface area contributed by atoms with E-state index < -0.39 is 45.6 Å². The highest BCUT2D eigenvalue weighted by molar-refractivity contribution is 6.34. The second-order valence-corrected chi connectivity index (χ2v) is 7.53. The first-order chi connectivity index (χ1) is 15.5. The number of hydrogen-bond donors (Lipinski definition) is 1. The lowest BCUT2D eigenvalue weighted by atomic mass is 10.1. The first-order valence-electron chi connectivity index (χ1n) is 8.97. The van der Waals surface area contributed by atoms with Gasteiger partial charge in [0.05, 0.1) is 32.3 Å². The van der Waals surface area contributed by atoms with Crippen LogP contribution in [0.1, 0.15) is 26.3 Å². The minimum absolute atomic E-state index is 0.0236. The number of halogens is 6. The maximum atomic E-state index is 14.8. The van der Waals surface area contributed by atoms with Crippen molar-refractivity contribution in [2.75, 3.05) is 0 Å². The third kappa shape index (κ3) is 3.91. The number of pyridine rings is 1. The first kappa shape index (κ1) is 22.7. The van der Waals surface area contributed by atoms with Crippen molar-refractivity contribution in [2.24, 2.45) is 0 Å². The first-order valence-corrected chi connectivity index (χ1v) is 9.73. The molecule has 0 unspecified atom stereocenters. The summed E-state index contributed by atoms with van der Waals surface area (Å²) in [6.45, 7) is 0. The van der Waals surface area contributed by atoms with Crippen molar-refractivity contribution < 1.29 is 32.3 Å². The lowest BCUT2D eigenvalue weighted by molar-refractivity contribution is -0.137. The molecule has 4 aromatic rings. The largest absolute Gasteiger partial charge is 0.478 e. The lowest BCUT2D eigenvalue weighted by Gasteiger charge is -2.13. The van der Waals surface area contributed by atoms with E-state index in [2.05, 4.69) is 10.1 Å². The van der Waals surface area contributed by atoms with Gasteiger partial charge in [0.25, 0.3) is 5.91 Å². The van der Waals surface area contributed by atoms with Crippen LogP contribution >= 0.6 is 23.2 Å². The third-order valence-corrected chi connectivity index (χ3v) is 5.33. The molecule has 0 radical (unpaired) electrons. The number of carboxylic acid groups (broad SMARTS) is 1. The molecule has 0 saturated carbocycles. The Labute approximate surface area is 192 Å². The van der Waals surface area contributed by atoms with Gasteiger partial charge in [-0.3, -0.25) is 9.78 Å². The molecule has 168 valence electrons. The van der Waals surface area contributed by atoms with Crippen molar-refractivity contribution in [2.45, 2.75) is 6.18 Å². The lowest BCUT2D eigenvalue weighted by Crippen LogP contribution is -2.20. The van der Waals surface area contributed by atoms with Gasteiger partial charge in [0, 0.05) is 11.8 Å². The fourth-order valence-corrected chi connectivity index (χ4v) is 3.76. The highest BCUT2D eigenvalue weighted by Gasteiger charge is 2.37. The number of carbonyl (C=O) groups is 2. The van der Waals surface area contributed by atoms with Gasteiger partial charge in [0.1, 0.15) is 17.0 Å². The SMILES string of the molecule is O=C(O)c1cc(F)c(-c2nn(C(=O)c3c(Cl)cccc3C(F)(F)F)c3cccnc23)cc1Cl. The molecule has 0 aliphatic rings. The number of rotatable bonds is 3. The molecule has 0 saturated heterocycles. The molecule has 0 aliphatic carbocycles. The average molecular weight is 498 g/mol. The van der Waals surface area contributed by atoms with Crippen LogP contribution in [0, 0.1) is 5.82 Å². The Hall–Kier alpha value is -3.50. The zero-order valence-corrected chi connectivity index (χ0v) is 17.5. The maximum absolute atomic E-state index is 14.8. The molecule has 0 aliphatic heterocycles. The van der Waals surface area contributed by atoms with E-state index in [0.717, 1.165) is 18.2 Å². The van der Waals surface area contributed by atoms with Crippen LogP contribution in [0.15, 0.2) is 48.7 Å². The van der Waals surface area contributed by atoms with Gasteiger partial charge in [0.2, 0.25) is 0 Å². The van der Waals surface area contributed by atoms with Crippen molar-refractivity contribution >= 4 is 46.1 Å². The maximum Gasteiger partial charge on any atom is 0.417 e. The van der Waals surface area contributed by atoms with Crippen molar-refractivity contribution in [3.05, 3.63) is 81.2 Å². The van der Waals surface area contributed by atoms with E-state index in [1.54, 1.807) is 0 Å². The number of carbonyl (C=O) groups excluding carboxylic acids is 1. The summed E-state index contributed by atoms with van der Waals surface area (Å²) in [4.78, 5) is 28.4. The summed E-state index contributed by atoms with van der Waals surface area (Å²) in [5.41, 5.74) is -3.18. The van der Waals surface area contributed by atoms with Crippen LogP contribution in [-0.4, -0.2) is 31.7 Å². The number of fused-ring (bicyclic) bond motifs is 1. The van der Waals surface area contributed by atoms with Gasteiger partial charge < -0.3 is 5.11 Å². The summed E-state index contributed by atoms with van der Waals surface area (Å²) in [6, 6.07) is 7.30. The zero-order chi connectivity index (χ0) is 24.1. The Morgan fingerprint density at radius 3 is 2.42 bits per heavy atom. The molecule has 0 amide bonds. The Balaban J connectivity index is 1.97. The van der Waals surface area contributed by atoms with Crippen molar-refractivity contribution in [3.8, 4) is 11.3 Å². The van der Waals surface area contributed by atoms with Crippen LogP contribution in [0.3, 0.4) is 0 Å². The van der Waals surface area contributed by atoms with Crippen molar-refractivity contribution in [1.29, 1.82) is 0 Å². The number of aromatic carboxylic acids is 1. The summed E-state index contributed by atoms with van der Waals surface area (Å²) in [5, 5.41) is 12.4. The molecule has 33 heavy (non-hydrogen) atoms. The average Bonchev–Trinajstić information content (AvgIpc) is 3.13. The molecule has 0 fully saturated rings. The molecule has 0 bridgehead atoms. The number of aromatic nitrogens is 3. The summed E-state index contributed by atoms with van der Waals surface area (Å²) in [7, 11) is 0. The predicted octanol–water partition coefficient (Wildman–Crippen LogP) is 5.95. The quantitative estimate of drug-likeness (QED) is 0.353. The molecular formula is C21H9Cl2F4N3O3. The number of nitrogens with zero attached hydrogens (tertiary/aromatic N) is 3. The zero-order valence-electron chi connectivity index (χ0n) is 16.0. The molecule has 2 aromatic heterocycles. The smallest absolute Gasteiger partial charge is 0.417 e. The van der Waals surface area contributed by atoms with Crippen LogP contribution in [0.2, 0.25) is 10.0 Å². The molecule has 1 N–H and O–H groups in total. The topological polar surface area (TPSA) is 85.1 Å². The second kappa shape index (κ2) is 8.13. The summed E-state index contributed by atoms with van der Waals surface area (Å²) in [5.74, 6) is -3.71. The van der Waals surface area contributed by atoms with E-state index in [4.69, 9.17) is 28.3 Å². The van der Waals surface area contributed by atoms with Crippen molar-refractivity contribution in [1.82, 2.24) is 14.8 Å². The van der Waals surface area contributed by atoms with Gasteiger partial charge in [0.15, 0.2) is 0 Å². The Morgan fingerprint density at radius 1 is 1.03 bits per heavy atom. The van der Waals surface area contributed by atoms with E-state index in [9.17, 15) is 27.2 Å². The highest BCUT2D eigenvalue weighted by Crippen LogP contribution is 2.37. The van der Waals surface area contributed by atoms with Crippen molar-refractivity contribution in [3.63, 3.8) is 0 Å². The van der Waals surface area contributed by atoms with Gasteiger partial charge in [-0.15, -0.1) is 0 Å². The van der Waals surface area contributed by atoms with E-state index in [1.165, 1.54) is 18.3 Å². The molecule has 4 rings (SSSR count). The molecule has 2 heterocycles. The number of carboxylic acids is 1. The predicted molar refractivity (Wildman–Crippen MR) is 111 cm³/mol. The molecular weight excluding hydrogens is 489 g/mol. The van der Waals surface area contributed by atoms with E-state index in [0.29, 0.717) is 16.8 Å². The Kier molecular flexibility index (Phi) is 5.59. The number of hydrogen-bond acceptors (Lipinski definition) is 4. The van der Waals surface area contributed by atoms with Crippen LogP contribution in [0.4, 0.5) is 17.6 Å². The Morgan fingerprint density at radius 2 is 1.76 bits per heavy atom. The van der Waals surface area contributed by atoms with Gasteiger partial charge in [-0.05, 0) is 36.4 Å². The number of benzene rings is 2. The normalized spacial score (nSPS) is 11.7. The van der Waals surface area contributed by atoms with Gasteiger partial charge >= 0.3 is 12.1 Å². The highest BCUT2D eigenvalue weighted by atomic mass is 35.5. The fourth-order valence-electron chi connectivity index (χ4n) is 3.26. The molecule has 0 spiro atoms. The van der Waals surface area contributed by atoms with E-state index in [-0.39, 0.29) is 27.3 Å². The van der Waals surface area contributed by atoms with Gasteiger partial charge in [-0.25, -0.2) is 9.18 Å². The minimum atomic E-state index is -4.88. The number of alkyl halides is 3. The second-order valence-electron chi connectivity index (χ2n) is 6.71. The van der Waals surface area contributed by atoms with Crippen LogP contribution in [0.5, 0.6) is 0 Å². The van der Waals surface area contributed by atoms with E-state index in [1.807, 2.05) is 0 Å². The Bertz CT molecular complexity index is 1450. The molecule has 0 atom stereocenters. The molecule has 12 heteroatoms. The van der Waals surface area contributed by atoms with Crippen LogP contribution in [0.25, 0.3) is 22.3 Å².